The molecule has 0 bridgehead atoms. The summed E-state index contributed by atoms with van der Waals surface area (Å²) in [5, 5.41) is 3.33. The largest absolute Gasteiger partial charge is 0.350 e. The summed E-state index contributed by atoms with van der Waals surface area (Å²) in [6.45, 7) is 10.8. The van der Waals surface area contributed by atoms with E-state index in [1.807, 2.05) is 20.8 Å². The van der Waals surface area contributed by atoms with Crippen molar-refractivity contribution in [3.8, 4) is 0 Å². The Morgan fingerprint density at radius 1 is 1.21 bits per heavy atom. The third-order valence-electron chi connectivity index (χ3n) is 2.56. The fourth-order valence-corrected chi connectivity index (χ4v) is 1.45. The van der Waals surface area contributed by atoms with Crippen molar-refractivity contribution in [3.05, 3.63) is 0 Å². The lowest BCUT2D eigenvalue weighted by Crippen LogP contribution is -2.42. The normalized spacial score (nSPS) is 22.3. The van der Waals surface area contributed by atoms with Crippen molar-refractivity contribution in [2.24, 2.45) is 0 Å². The zero-order valence-corrected chi connectivity index (χ0v) is 9.85. The Bertz CT molecular complexity index is 169. The average molecular weight is 201 g/mol. The first-order chi connectivity index (χ1) is 6.41. The van der Waals surface area contributed by atoms with Gasteiger partial charge in [0, 0.05) is 0 Å². The number of hydrogen-bond acceptors (Lipinski definition) is 3. The lowest BCUT2D eigenvalue weighted by atomic mass is 9.95. The molecule has 0 saturated carbocycles. The summed E-state index contributed by atoms with van der Waals surface area (Å²) in [5.74, 6) is 0. The van der Waals surface area contributed by atoms with Crippen LogP contribution in [0.25, 0.3) is 0 Å². The van der Waals surface area contributed by atoms with Crippen molar-refractivity contribution >= 4 is 0 Å². The molecule has 0 aromatic heterocycles. The highest BCUT2D eigenvalue weighted by Crippen LogP contribution is 2.22. The molecule has 1 fully saturated rings. The van der Waals surface area contributed by atoms with E-state index in [4.69, 9.17) is 9.47 Å². The van der Waals surface area contributed by atoms with Crippen LogP contribution in [0.3, 0.4) is 0 Å². The fraction of sp³-hybridized carbons (Fsp3) is 1.00. The molecule has 1 aliphatic rings. The van der Waals surface area contributed by atoms with Gasteiger partial charge in [0.1, 0.15) is 6.79 Å². The molecule has 1 rings (SSSR count). The minimum atomic E-state index is -0.108. The van der Waals surface area contributed by atoms with Crippen molar-refractivity contribution in [1.29, 1.82) is 0 Å². The summed E-state index contributed by atoms with van der Waals surface area (Å²) in [4.78, 5) is 0. The molecule has 0 atom stereocenters. The Kier molecular flexibility index (Phi) is 3.93. The van der Waals surface area contributed by atoms with Crippen LogP contribution in [0.2, 0.25) is 0 Å². The van der Waals surface area contributed by atoms with Gasteiger partial charge in [-0.1, -0.05) is 0 Å². The third-order valence-corrected chi connectivity index (χ3v) is 2.56. The second kappa shape index (κ2) is 4.60. The number of rotatable bonds is 3. The Morgan fingerprint density at radius 3 is 2.29 bits per heavy atom. The van der Waals surface area contributed by atoms with Crippen LogP contribution in [0.1, 0.15) is 40.5 Å². The van der Waals surface area contributed by atoms with Crippen LogP contribution in [0.5, 0.6) is 0 Å². The first kappa shape index (κ1) is 12.0. The van der Waals surface area contributed by atoms with Gasteiger partial charge in [0.2, 0.25) is 0 Å². The number of hydrogen-bond donors (Lipinski definition) is 1. The molecule has 1 aliphatic heterocycles. The first-order valence-corrected chi connectivity index (χ1v) is 5.40. The highest BCUT2D eigenvalue weighted by atomic mass is 16.7. The van der Waals surface area contributed by atoms with Crippen LogP contribution in [-0.4, -0.2) is 31.1 Å². The quantitative estimate of drug-likeness (QED) is 0.708. The number of ether oxygens (including phenoxy) is 2. The van der Waals surface area contributed by atoms with E-state index in [1.54, 1.807) is 0 Å². The second-order valence-corrected chi connectivity index (χ2v) is 5.22. The molecule has 0 unspecified atom stereocenters. The number of piperidine rings is 1. The van der Waals surface area contributed by atoms with E-state index in [9.17, 15) is 0 Å². The number of nitrogens with one attached hydrogen (secondary N) is 1. The van der Waals surface area contributed by atoms with Crippen molar-refractivity contribution < 1.29 is 9.47 Å². The molecule has 1 N–H and O–H groups in total. The van der Waals surface area contributed by atoms with Crippen LogP contribution < -0.4 is 5.32 Å². The van der Waals surface area contributed by atoms with Crippen molar-refractivity contribution in [1.82, 2.24) is 5.32 Å². The van der Waals surface area contributed by atoms with Gasteiger partial charge < -0.3 is 14.8 Å². The SMILES string of the molecule is CC(C)(C)OCOC1(C)CCNCC1. The summed E-state index contributed by atoms with van der Waals surface area (Å²) in [6, 6.07) is 0. The van der Waals surface area contributed by atoms with Gasteiger partial charge in [0.05, 0.1) is 11.2 Å². The summed E-state index contributed by atoms with van der Waals surface area (Å²) in [7, 11) is 0. The van der Waals surface area contributed by atoms with Gasteiger partial charge in [-0.15, -0.1) is 0 Å². The zero-order valence-electron chi connectivity index (χ0n) is 9.85. The summed E-state index contributed by atoms with van der Waals surface area (Å²) < 4.78 is 11.3. The lowest BCUT2D eigenvalue weighted by Gasteiger charge is -2.34. The van der Waals surface area contributed by atoms with E-state index < -0.39 is 0 Å². The molecule has 14 heavy (non-hydrogen) atoms. The van der Waals surface area contributed by atoms with E-state index >= 15 is 0 Å². The van der Waals surface area contributed by atoms with Crippen molar-refractivity contribution in [2.75, 3.05) is 19.9 Å². The summed E-state index contributed by atoms with van der Waals surface area (Å²) in [6.07, 6.45) is 2.14. The second-order valence-electron chi connectivity index (χ2n) is 5.22. The maximum atomic E-state index is 5.78. The van der Waals surface area contributed by atoms with E-state index in [0.29, 0.717) is 6.79 Å². The topological polar surface area (TPSA) is 30.5 Å². The first-order valence-electron chi connectivity index (χ1n) is 5.40. The molecule has 0 spiro atoms. The van der Waals surface area contributed by atoms with Gasteiger partial charge in [-0.05, 0) is 53.6 Å². The maximum absolute atomic E-state index is 5.78. The van der Waals surface area contributed by atoms with Crippen molar-refractivity contribution in [2.45, 2.75) is 51.7 Å². The van der Waals surface area contributed by atoms with Gasteiger partial charge in [-0.2, -0.15) is 0 Å². The van der Waals surface area contributed by atoms with E-state index in [0.717, 1.165) is 25.9 Å². The predicted octanol–water partition coefficient (Wildman–Crippen LogP) is 1.92. The lowest BCUT2D eigenvalue weighted by molar-refractivity contribution is -0.181. The molecule has 0 aromatic rings. The fourth-order valence-electron chi connectivity index (χ4n) is 1.45. The van der Waals surface area contributed by atoms with Gasteiger partial charge in [0.15, 0.2) is 0 Å². The Balaban J connectivity index is 2.22. The van der Waals surface area contributed by atoms with Crippen molar-refractivity contribution in [3.63, 3.8) is 0 Å². The van der Waals surface area contributed by atoms with Gasteiger partial charge in [-0.25, -0.2) is 0 Å². The highest BCUT2D eigenvalue weighted by Gasteiger charge is 2.27. The minimum Gasteiger partial charge on any atom is -0.350 e. The molecule has 1 saturated heterocycles. The smallest absolute Gasteiger partial charge is 0.148 e. The molecule has 0 amide bonds. The third kappa shape index (κ3) is 4.40. The monoisotopic (exact) mass is 201 g/mol. The molecular formula is C11H23NO2. The van der Waals surface area contributed by atoms with Crippen LogP contribution in [0.15, 0.2) is 0 Å². The standard InChI is InChI=1S/C11H23NO2/c1-10(2,3)13-9-14-11(4)5-7-12-8-6-11/h12H,5-9H2,1-4H3. The molecule has 3 heteroatoms. The van der Waals surface area contributed by atoms with Crippen LogP contribution in [-0.2, 0) is 9.47 Å². The minimum absolute atomic E-state index is 0.0104. The summed E-state index contributed by atoms with van der Waals surface area (Å²) >= 11 is 0. The molecule has 3 nitrogen and oxygen atoms in total. The van der Waals surface area contributed by atoms with Gasteiger partial charge >= 0.3 is 0 Å². The Hall–Kier alpha value is -0.120. The Morgan fingerprint density at radius 2 is 1.79 bits per heavy atom. The van der Waals surface area contributed by atoms with E-state index in [1.165, 1.54) is 0 Å². The molecule has 1 heterocycles. The Labute approximate surface area is 87.2 Å². The van der Waals surface area contributed by atoms with Gasteiger partial charge in [0.25, 0.3) is 0 Å². The maximum Gasteiger partial charge on any atom is 0.148 e. The molecule has 0 aromatic carbocycles. The zero-order chi connectivity index (χ0) is 10.7. The molecule has 0 radical (unpaired) electrons. The van der Waals surface area contributed by atoms with Crippen LogP contribution >= 0.6 is 0 Å². The van der Waals surface area contributed by atoms with E-state index in [-0.39, 0.29) is 11.2 Å². The molecule has 0 aliphatic carbocycles. The molecular weight excluding hydrogens is 178 g/mol. The summed E-state index contributed by atoms with van der Waals surface area (Å²) in [5.41, 5.74) is -0.0974. The average Bonchev–Trinajstić information content (AvgIpc) is 2.02. The van der Waals surface area contributed by atoms with Crippen LogP contribution in [0.4, 0.5) is 0 Å². The van der Waals surface area contributed by atoms with E-state index in [2.05, 4.69) is 12.2 Å². The van der Waals surface area contributed by atoms with Crippen LogP contribution in [0, 0.1) is 0 Å². The molecule has 84 valence electrons. The highest BCUT2D eigenvalue weighted by molar-refractivity contribution is 4.81. The van der Waals surface area contributed by atoms with Gasteiger partial charge in [-0.3, -0.25) is 0 Å². The predicted molar refractivity (Wildman–Crippen MR) is 57.3 cm³/mol.